The Balaban J connectivity index is 2.50. The highest BCUT2D eigenvalue weighted by atomic mass is 79.9. The zero-order valence-corrected chi connectivity index (χ0v) is 13.2. The van der Waals surface area contributed by atoms with Crippen molar-refractivity contribution in [2.75, 3.05) is 19.0 Å². The maximum atomic E-state index is 11.8. The average Bonchev–Trinajstić information content (AvgIpc) is 2.43. The van der Waals surface area contributed by atoms with Crippen molar-refractivity contribution in [3.05, 3.63) is 22.7 Å². The highest BCUT2D eigenvalue weighted by molar-refractivity contribution is 9.10. The number of benzene rings is 1. The van der Waals surface area contributed by atoms with Gasteiger partial charge in [-0.05, 0) is 40.9 Å². The lowest BCUT2D eigenvalue weighted by Gasteiger charge is -2.15. The minimum absolute atomic E-state index is 0.00980. The van der Waals surface area contributed by atoms with E-state index in [0.717, 1.165) is 28.8 Å². The molecule has 1 rings (SSSR count). The van der Waals surface area contributed by atoms with Gasteiger partial charge in [-0.15, -0.1) is 0 Å². The van der Waals surface area contributed by atoms with Crippen molar-refractivity contribution in [2.24, 2.45) is 0 Å². The monoisotopic (exact) mass is 328 g/mol. The maximum absolute atomic E-state index is 11.8. The van der Waals surface area contributed by atoms with Gasteiger partial charge in [0.1, 0.15) is 5.75 Å². The Morgan fingerprint density at radius 2 is 2.05 bits per heavy atom. The topological polar surface area (TPSA) is 50.4 Å². The Labute approximate surface area is 123 Å². The molecule has 0 aliphatic carbocycles. The Hall–Kier alpha value is -1.23. The Morgan fingerprint density at radius 1 is 1.37 bits per heavy atom. The molecule has 0 spiro atoms. The number of hydrogen-bond donors (Lipinski definition) is 2. The molecule has 0 aliphatic rings. The van der Waals surface area contributed by atoms with E-state index in [0.29, 0.717) is 0 Å². The van der Waals surface area contributed by atoms with Crippen molar-refractivity contribution in [3.8, 4) is 5.75 Å². The number of carbonyl (C=O) groups is 1. The van der Waals surface area contributed by atoms with Crippen molar-refractivity contribution in [3.63, 3.8) is 0 Å². The Morgan fingerprint density at radius 3 is 2.63 bits per heavy atom. The normalized spacial score (nSPS) is 10.4. The van der Waals surface area contributed by atoms with E-state index >= 15 is 0 Å². The second-order valence-corrected chi connectivity index (χ2v) is 5.14. The largest absolute Gasteiger partial charge is 0.495 e. The molecule has 0 saturated carbocycles. The predicted octanol–water partition coefficient (Wildman–Crippen LogP) is 3.17. The van der Waals surface area contributed by atoms with Gasteiger partial charge >= 0.3 is 0 Å². The molecule has 0 aliphatic heterocycles. The lowest BCUT2D eigenvalue weighted by atomic mass is 10.2. The minimum atomic E-state index is 0.00980. The van der Waals surface area contributed by atoms with E-state index in [-0.39, 0.29) is 18.5 Å². The number of anilines is 1. The summed E-state index contributed by atoms with van der Waals surface area (Å²) >= 11 is 3.39. The van der Waals surface area contributed by atoms with Crippen LogP contribution in [0.2, 0.25) is 0 Å². The van der Waals surface area contributed by atoms with E-state index in [4.69, 9.17) is 4.74 Å². The second-order valence-electron chi connectivity index (χ2n) is 4.28. The second kappa shape index (κ2) is 8.04. The van der Waals surface area contributed by atoms with Gasteiger partial charge in [0.05, 0.1) is 18.1 Å². The Bertz CT molecular complexity index is 420. The van der Waals surface area contributed by atoms with Crippen molar-refractivity contribution in [2.45, 2.75) is 32.7 Å². The molecule has 0 radical (unpaired) electrons. The molecule has 1 aromatic rings. The SMILES string of the molecule is CCC(CC)NC(=O)CNc1ccc(Br)c(OC)c1. The summed E-state index contributed by atoms with van der Waals surface area (Å²) in [5.41, 5.74) is 0.861. The van der Waals surface area contributed by atoms with Gasteiger partial charge < -0.3 is 15.4 Å². The van der Waals surface area contributed by atoms with Crippen LogP contribution in [-0.4, -0.2) is 25.6 Å². The van der Waals surface area contributed by atoms with Crippen LogP contribution in [0, 0.1) is 0 Å². The first-order valence-corrected chi connectivity index (χ1v) is 7.26. The van der Waals surface area contributed by atoms with E-state index in [1.54, 1.807) is 7.11 Å². The smallest absolute Gasteiger partial charge is 0.239 e. The number of methoxy groups -OCH3 is 1. The number of hydrogen-bond acceptors (Lipinski definition) is 3. The molecule has 2 N–H and O–H groups in total. The van der Waals surface area contributed by atoms with Gasteiger partial charge in [-0.2, -0.15) is 0 Å². The van der Waals surface area contributed by atoms with E-state index in [9.17, 15) is 4.79 Å². The van der Waals surface area contributed by atoms with Gasteiger partial charge in [0.25, 0.3) is 0 Å². The number of amides is 1. The molecule has 0 fully saturated rings. The molecule has 0 atom stereocenters. The van der Waals surface area contributed by atoms with Crippen LogP contribution < -0.4 is 15.4 Å². The molecule has 106 valence electrons. The minimum Gasteiger partial charge on any atom is -0.495 e. The van der Waals surface area contributed by atoms with Crippen molar-refractivity contribution in [1.29, 1.82) is 0 Å². The van der Waals surface area contributed by atoms with E-state index in [2.05, 4.69) is 40.4 Å². The molecule has 0 bridgehead atoms. The molecule has 5 heteroatoms. The van der Waals surface area contributed by atoms with Crippen LogP contribution in [0.3, 0.4) is 0 Å². The third-order valence-electron chi connectivity index (χ3n) is 2.95. The number of nitrogens with one attached hydrogen (secondary N) is 2. The first-order valence-electron chi connectivity index (χ1n) is 6.47. The lowest BCUT2D eigenvalue weighted by molar-refractivity contribution is -0.120. The zero-order chi connectivity index (χ0) is 14.3. The highest BCUT2D eigenvalue weighted by Gasteiger charge is 2.08. The molecule has 1 aromatic carbocycles. The number of halogens is 1. The van der Waals surface area contributed by atoms with E-state index in [1.165, 1.54) is 0 Å². The number of rotatable bonds is 7. The quantitative estimate of drug-likeness (QED) is 0.808. The molecule has 4 nitrogen and oxygen atoms in total. The van der Waals surface area contributed by atoms with Crippen molar-refractivity contribution < 1.29 is 9.53 Å². The van der Waals surface area contributed by atoms with Gasteiger partial charge in [-0.1, -0.05) is 13.8 Å². The maximum Gasteiger partial charge on any atom is 0.239 e. The highest BCUT2D eigenvalue weighted by Crippen LogP contribution is 2.27. The molecule has 19 heavy (non-hydrogen) atoms. The van der Waals surface area contributed by atoms with E-state index in [1.807, 2.05) is 18.2 Å². The third-order valence-corrected chi connectivity index (χ3v) is 3.61. The van der Waals surface area contributed by atoms with Gasteiger partial charge in [-0.25, -0.2) is 0 Å². The first kappa shape index (κ1) is 15.8. The zero-order valence-electron chi connectivity index (χ0n) is 11.6. The molecule has 0 heterocycles. The summed E-state index contributed by atoms with van der Waals surface area (Å²) in [5.74, 6) is 0.751. The summed E-state index contributed by atoms with van der Waals surface area (Å²) in [7, 11) is 1.61. The van der Waals surface area contributed by atoms with Gasteiger partial charge in [0.15, 0.2) is 0 Å². The standard InChI is InChI=1S/C14H21BrN2O2/c1-4-10(5-2)17-14(18)9-16-11-6-7-12(15)13(8-11)19-3/h6-8,10,16H,4-5,9H2,1-3H3,(H,17,18). The molecule has 0 unspecified atom stereocenters. The molecular formula is C14H21BrN2O2. The van der Waals surface area contributed by atoms with E-state index < -0.39 is 0 Å². The first-order chi connectivity index (χ1) is 9.10. The van der Waals surface area contributed by atoms with Crippen LogP contribution in [0.5, 0.6) is 5.75 Å². The van der Waals surface area contributed by atoms with Crippen LogP contribution >= 0.6 is 15.9 Å². The van der Waals surface area contributed by atoms with Crippen LogP contribution in [0.15, 0.2) is 22.7 Å². The summed E-state index contributed by atoms with van der Waals surface area (Å²) < 4.78 is 6.10. The fourth-order valence-corrected chi connectivity index (χ4v) is 2.13. The molecule has 0 aromatic heterocycles. The summed E-state index contributed by atoms with van der Waals surface area (Å²) in [6, 6.07) is 5.90. The average molecular weight is 329 g/mol. The summed E-state index contributed by atoms with van der Waals surface area (Å²) in [6.07, 6.45) is 1.91. The van der Waals surface area contributed by atoms with Gasteiger partial charge in [0.2, 0.25) is 5.91 Å². The summed E-state index contributed by atoms with van der Waals surface area (Å²) in [4.78, 5) is 11.8. The summed E-state index contributed by atoms with van der Waals surface area (Å²) in [6.45, 7) is 4.41. The van der Waals surface area contributed by atoms with Gasteiger partial charge in [0, 0.05) is 17.8 Å². The van der Waals surface area contributed by atoms with Crippen LogP contribution in [0.4, 0.5) is 5.69 Å². The van der Waals surface area contributed by atoms with Crippen molar-refractivity contribution in [1.82, 2.24) is 5.32 Å². The fraction of sp³-hybridized carbons (Fsp3) is 0.500. The van der Waals surface area contributed by atoms with Gasteiger partial charge in [-0.3, -0.25) is 4.79 Å². The molecule has 1 amide bonds. The Kier molecular flexibility index (Phi) is 6.70. The molecule has 0 saturated heterocycles. The molecular weight excluding hydrogens is 308 g/mol. The van der Waals surface area contributed by atoms with Crippen LogP contribution in [0.25, 0.3) is 0 Å². The fourth-order valence-electron chi connectivity index (χ4n) is 1.72. The summed E-state index contributed by atoms with van der Waals surface area (Å²) in [5, 5.41) is 6.07. The third kappa shape index (κ3) is 5.11. The van der Waals surface area contributed by atoms with Crippen LogP contribution in [-0.2, 0) is 4.79 Å². The lowest BCUT2D eigenvalue weighted by Crippen LogP contribution is -2.37. The number of carbonyl (C=O) groups excluding carboxylic acids is 1. The predicted molar refractivity (Wildman–Crippen MR) is 81.7 cm³/mol. The van der Waals surface area contributed by atoms with Crippen molar-refractivity contribution >= 4 is 27.5 Å². The van der Waals surface area contributed by atoms with Crippen LogP contribution in [0.1, 0.15) is 26.7 Å². The number of ether oxygens (including phenoxy) is 1.